The summed E-state index contributed by atoms with van der Waals surface area (Å²) < 4.78 is 12.9. The molecule has 0 bridgehead atoms. The lowest BCUT2D eigenvalue weighted by atomic mass is 10.3. The molecule has 0 radical (unpaired) electrons. The highest BCUT2D eigenvalue weighted by Crippen LogP contribution is 2.24. The molecule has 0 spiro atoms. The Morgan fingerprint density at radius 3 is 2.93 bits per heavy atom. The van der Waals surface area contributed by atoms with Crippen LogP contribution < -0.4 is 5.73 Å². The molecule has 0 amide bonds. The van der Waals surface area contributed by atoms with Gasteiger partial charge in [-0.1, -0.05) is 11.6 Å². The zero-order chi connectivity index (χ0) is 10.3. The number of nitrogens with zero attached hydrogens (tertiary/aromatic N) is 1. The van der Waals surface area contributed by atoms with Crippen molar-refractivity contribution in [2.24, 2.45) is 5.73 Å². The minimum Gasteiger partial charge on any atom is -0.341 e. The van der Waals surface area contributed by atoms with Crippen LogP contribution in [0.3, 0.4) is 0 Å². The molecule has 0 aliphatic carbocycles. The molecule has 0 saturated carbocycles. The van der Waals surface area contributed by atoms with Gasteiger partial charge >= 0.3 is 0 Å². The maximum absolute atomic E-state index is 12.9. The Morgan fingerprint density at radius 1 is 1.57 bits per heavy atom. The number of aromatic amines is 1. The van der Waals surface area contributed by atoms with Crippen molar-refractivity contribution in [1.82, 2.24) is 9.97 Å². The number of benzene rings is 1. The highest BCUT2D eigenvalue weighted by Gasteiger charge is 2.10. The molecular formula is C9H9ClFN3. The van der Waals surface area contributed by atoms with Crippen molar-refractivity contribution in [2.45, 2.75) is 13.0 Å². The first-order chi connectivity index (χ1) is 6.58. The van der Waals surface area contributed by atoms with Crippen molar-refractivity contribution in [3.63, 3.8) is 0 Å². The molecule has 1 heterocycles. The van der Waals surface area contributed by atoms with Crippen LogP contribution in [0.5, 0.6) is 0 Å². The Morgan fingerprint density at radius 2 is 2.29 bits per heavy atom. The average Bonchev–Trinajstić information content (AvgIpc) is 2.47. The van der Waals surface area contributed by atoms with E-state index in [-0.39, 0.29) is 11.9 Å². The van der Waals surface area contributed by atoms with Gasteiger partial charge in [0.25, 0.3) is 0 Å². The largest absolute Gasteiger partial charge is 0.341 e. The van der Waals surface area contributed by atoms with Gasteiger partial charge in [-0.15, -0.1) is 0 Å². The van der Waals surface area contributed by atoms with E-state index >= 15 is 0 Å². The van der Waals surface area contributed by atoms with Gasteiger partial charge in [-0.25, -0.2) is 9.37 Å². The zero-order valence-electron chi connectivity index (χ0n) is 7.51. The van der Waals surface area contributed by atoms with Crippen LogP contribution in [-0.4, -0.2) is 9.97 Å². The second-order valence-electron chi connectivity index (χ2n) is 3.19. The normalized spacial score (nSPS) is 13.4. The van der Waals surface area contributed by atoms with Crippen LogP contribution in [0.4, 0.5) is 4.39 Å². The molecule has 0 fully saturated rings. The van der Waals surface area contributed by atoms with Crippen molar-refractivity contribution in [3.8, 4) is 0 Å². The molecule has 74 valence electrons. The summed E-state index contributed by atoms with van der Waals surface area (Å²) in [7, 11) is 0. The van der Waals surface area contributed by atoms with Gasteiger partial charge in [-0.05, 0) is 19.1 Å². The van der Waals surface area contributed by atoms with Gasteiger partial charge in [0.1, 0.15) is 17.2 Å². The Hall–Kier alpha value is -1.13. The lowest BCUT2D eigenvalue weighted by molar-refractivity contribution is 0.629. The molecule has 0 aliphatic rings. The fourth-order valence-corrected chi connectivity index (χ4v) is 1.53. The fourth-order valence-electron chi connectivity index (χ4n) is 1.28. The van der Waals surface area contributed by atoms with E-state index in [1.165, 1.54) is 12.1 Å². The molecule has 2 aromatic rings. The molecule has 1 aromatic heterocycles. The molecule has 0 aliphatic heterocycles. The molecule has 14 heavy (non-hydrogen) atoms. The number of imidazole rings is 1. The van der Waals surface area contributed by atoms with Gasteiger partial charge in [-0.3, -0.25) is 0 Å². The lowest BCUT2D eigenvalue weighted by Crippen LogP contribution is -2.06. The number of nitrogens with one attached hydrogen (secondary N) is 1. The number of hydrogen-bond acceptors (Lipinski definition) is 2. The smallest absolute Gasteiger partial charge is 0.126 e. The first-order valence-electron chi connectivity index (χ1n) is 4.18. The minimum absolute atomic E-state index is 0.221. The van der Waals surface area contributed by atoms with Crippen LogP contribution in [-0.2, 0) is 0 Å². The molecule has 2 rings (SSSR count). The Kier molecular flexibility index (Phi) is 2.17. The van der Waals surface area contributed by atoms with E-state index in [2.05, 4.69) is 9.97 Å². The first kappa shape index (κ1) is 9.43. The van der Waals surface area contributed by atoms with Crippen LogP contribution in [0.25, 0.3) is 11.0 Å². The maximum Gasteiger partial charge on any atom is 0.126 e. The number of rotatable bonds is 1. The third-order valence-electron chi connectivity index (χ3n) is 1.95. The SMILES string of the molecule is CC(N)c1nc2c(Cl)cc(F)cc2[nH]1. The van der Waals surface area contributed by atoms with E-state index in [0.717, 1.165) is 0 Å². The van der Waals surface area contributed by atoms with E-state index in [4.69, 9.17) is 17.3 Å². The van der Waals surface area contributed by atoms with E-state index < -0.39 is 0 Å². The van der Waals surface area contributed by atoms with Crippen molar-refractivity contribution in [2.75, 3.05) is 0 Å². The summed E-state index contributed by atoms with van der Waals surface area (Å²) in [6, 6.07) is 2.36. The van der Waals surface area contributed by atoms with E-state index in [9.17, 15) is 4.39 Å². The van der Waals surface area contributed by atoms with Crippen molar-refractivity contribution in [1.29, 1.82) is 0 Å². The van der Waals surface area contributed by atoms with Gasteiger partial charge in [0.2, 0.25) is 0 Å². The minimum atomic E-state index is -0.387. The highest BCUT2D eigenvalue weighted by atomic mass is 35.5. The number of H-pyrrole nitrogens is 1. The Bertz CT molecular complexity index is 478. The summed E-state index contributed by atoms with van der Waals surface area (Å²) in [5.74, 6) is 0.217. The van der Waals surface area contributed by atoms with Crippen molar-refractivity contribution >= 4 is 22.6 Å². The number of aromatic nitrogens is 2. The first-order valence-corrected chi connectivity index (χ1v) is 4.56. The van der Waals surface area contributed by atoms with Crippen molar-refractivity contribution in [3.05, 3.63) is 28.8 Å². The van der Waals surface area contributed by atoms with Crippen LogP contribution >= 0.6 is 11.6 Å². The molecule has 3 N–H and O–H groups in total. The summed E-state index contributed by atoms with van der Waals surface area (Å²) in [4.78, 5) is 7.09. The number of halogens is 2. The summed E-state index contributed by atoms with van der Waals surface area (Å²) in [5, 5.41) is 0.295. The topological polar surface area (TPSA) is 54.7 Å². The second kappa shape index (κ2) is 3.22. The molecule has 1 atom stereocenters. The summed E-state index contributed by atoms with van der Waals surface area (Å²) in [5.41, 5.74) is 6.76. The molecule has 5 heteroatoms. The zero-order valence-corrected chi connectivity index (χ0v) is 8.27. The van der Waals surface area contributed by atoms with Gasteiger partial charge in [0.15, 0.2) is 0 Å². The quantitative estimate of drug-likeness (QED) is 0.764. The molecular weight excluding hydrogens is 205 g/mol. The molecule has 0 saturated heterocycles. The monoisotopic (exact) mass is 213 g/mol. The van der Waals surface area contributed by atoms with Gasteiger partial charge in [-0.2, -0.15) is 0 Å². The summed E-state index contributed by atoms with van der Waals surface area (Å²) in [6.45, 7) is 1.79. The predicted molar refractivity (Wildman–Crippen MR) is 53.7 cm³/mol. The summed E-state index contributed by atoms with van der Waals surface area (Å²) >= 11 is 5.82. The third kappa shape index (κ3) is 1.47. The number of nitrogens with two attached hydrogens (primary N) is 1. The second-order valence-corrected chi connectivity index (χ2v) is 3.60. The van der Waals surface area contributed by atoms with Crippen LogP contribution in [0.15, 0.2) is 12.1 Å². The van der Waals surface area contributed by atoms with E-state index in [1.54, 1.807) is 6.92 Å². The Balaban J connectivity index is 2.70. The molecule has 3 nitrogen and oxygen atoms in total. The fraction of sp³-hybridized carbons (Fsp3) is 0.222. The van der Waals surface area contributed by atoms with E-state index in [0.29, 0.717) is 21.9 Å². The molecule has 1 unspecified atom stereocenters. The highest BCUT2D eigenvalue weighted by molar-refractivity contribution is 6.34. The summed E-state index contributed by atoms with van der Waals surface area (Å²) in [6.07, 6.45) is 0. The van der Waals surface area contributed by atoms with Gasteiger partial charge < -0.3 is 10.7 Å². The van der Waals surface area contributed by atoms with E-state index in [1.807, 2.05) is 0 Å². The average molecular weight is 214 g/mol. The maximum atomic E-state index is 12.9. The Labute approximate surface area is 85.1 Å². The van der Waals surface area contributed by atoms with Crippen LogP contribution in [0.1, 0.15) is 18.8 Å². The lowest BCUT2D eigenvalue weighted by Gasteiger charge is -1.96. The van der Waals surface area contributed by atoms with Crippen LogP contribution in [0, 0.1) is 5.82 Å². The van der Waals surface area contributed by atoms with Crippen molar-refractivity contribution < 1.29 is 4.39 Å². The molecule has 1 aromatic carbocycles. The third-order valence-corrected chi connectivity index (χ3v) is 2.24. The number of hydrogen-bond donors (Lipinski definition) is 2. The van der Waals surface area contributed by atoms with Crippen LogP contribution in [0.2, 0.25) is 5.02 Å². The predicted octanol–water partition coefficient (Wildman–Crippen LogP) is 2.38. The standard InChI is InChI=1S/C9H9ClFN3/c1-4(12)9-13-7-3-5(11)2-6(10)8(7)14-9/h2-4H,12H2,1H3,(H,13,14). The van der Waals surface area contributed by atoms with Gasteiger partial charge in [0, 0.05) is 0 Å². The van der Waals surface area contributed by atoms with Gasteiger partial charge in [0.05, 0.1) is 16.6 Å². The number of fused-ring (bicyclic) bond motifs is 1.